The standard InChI is InChI=1S/C17H15N3OS/c1-2-8-19-20-9-7-13-14(17(20)21)11-5-3-4-6-12(11)15-16(13)22-10-18-15/h3-7,9-10,19H,2,8H2,1H3. The van der Waals surface area contributed by atoms with Gasteiger partial charge in [0.1, 0.15) is 0 Å². The normalized spacial score (nSPS) is 11.5. The zero-order valence-electron chi connectivity index (χ0n) is 12.2. The quantitative estimate of drug-likeness (QED) is 0.587. The molecule has 4 rings (SSSR count). The van der Waals surface area contributed by atoms with Crippen LogP contribution in [0.5, 0.6) is 0 Å². The molecule has 0 aliphatic carbocycles. The highest BCUT2D eigenvalue weighted by Gasteiger charge is 2.13. The molecule has 5 heteroatoms. The number of benzene rings is 2. The Balaban J connectivity index is 2.20. The molecule has 4 nitrogen and oxygen atoms in total. The summed E-state index contributed by atoms with van der Waals surface area (Å²) in [5, 5.41) is 3.75. The number of rotatable bonds is 3. The highest BCUT2D eigenvalue weighted by Crippen LogP contribution is 2.34. The molecule has 0 atom stereocenters. The Bertz CT molecular complexity index is 1050. The van der Waals surface area contributed by atoms with Gasteiger partial charge in [-0.15, -0.1) is 11.3 Å². The van der Waals surface area contributed by atoms with Crippen LogP contribution in [0.15, 0.2) is 46.8 Å². The third-order valence-corrected chi connectivity index (χ3v) is 4.75. The third-order valence-electron chi connectivity index (χ3n) is 3.89. The predicted octanol–water partition coefficient (Wildman–Crippen LogP) is 3.72. The highest BCUT2D eigenvalue weighted by atomic mass is 32.1. The summed E-state index contributed by atoms with van der Waals surface area (Å²) in [4.78, 5) is 17.4. The molecule has 0 fully saturated rings. The summed E-state index contributed by atoms with van der Waals surface area (Å²) in [6.07, 6.45) is 2.79. The first-order chi connectivity index (χ1) is 10.8. The number of nitrogens with one attached hydrogen (secondary N) is 1. The Labute approximate surface area is 131 Å². The lowest BCUT2D eigenvalue weighted by molar-refractivity contribution is 0.786. The van der Waals surface area contributed by atoms with Crippen molar-refractivity contribution in [2.24, 2.45) is 0 Å². The minimum atomic E-state index is -0.00236. The summed E-state index contributed by atoms with van der Waals surface area (Å²) < 4.78 is 2.67. The van der Waals surface area contributed by atoms with Gasteiger partial charge in [-0.25, -0.2) is 9.66 Å². The zero-order valence-corrected chi connectivity index (χ0v) is 13.0. The van der Waals surface area contributed by atoms with Crippen LogP contribution in [0.2, 0.25) is 0 Å². The van der Waals surface area contributed by atoms with Crippen LogP contribution in [-0.2, 0) is 0 Å². The Morgan fingerprint density at radius 3 is 2.82 bits per heavy atom. The minimum absolute atomic E-state index is 0.00236. The monoisotopic (exact) mass is 309 g/mol. The van der Waals surface area contributed by atoms with E-state index in [0.717, 1.165) is 44.7 Å². The van der Waals surface area contributed by atoms with Crippen LogP contribution in [0.1, 0.15) is 13.3 Å². The Morgan fingerprint density at radius 2 is 2.00 bits per heavy atom. The van der Waals surface area contributed by atoms with Crippen LogP contribution >= 0.6 is 11.3 Å². The number of hydrogen-bond acceptors (Lipinski definition) is 4. The van der Waals surface area contributed by atoms with Gasteiger partial charge in [-0.05, 0) is 17.9 Å². The average molecular weight is 309 g/mol. The maximum absolute atomic E-state index is 12.9. The molecule has 4 aromatic rings. The summed E-state index contributed by atoms with van der Waals surface area (Å²) in [6, 6.07) is 10.0. The van der Waals surface area contributed by atoms with Gasteiger partial charge in [-0.3, -0.25) is 4.79 Å². The number of thiazole rings is 1. The molecule has 1 N–H and O–H groups in total. The summed E-state index contributed by atoms with van der Waals surface area (Å²) >= 11 is 1.58. The van der Waals surface area contributed by atoms with E-state index in [4.69, 9.17) is 0 Å². The first-order valence-corrected chi connectivity index (χ1v) is 8.22. The SMILES string of the molecule is CCCNn1ccc2c3scnc3c3ccccc3c2c1=O. The Kier molecular flexibility index (Phi) is 3.08. The fraction of sp³-hybridized carbons (Fsp3) is 0.176. The van der Waals surface area contributed by atoms with Gasteiger partial charge < -0.3 is 5.43 Å². The number of aromatic nitrogens is 2. The van der Waals surface area contributed by atoms with E-state index < -0.39 is 0 Å². The lowest BCUT2D eigenvalue weighted by Gasteiger charge is -2.11. The van der Waals surface area contributed by atoms with Gasteiger partial charge in [0.25, 0.3) is 5.56 Å². The number of fused-ring (bicyclic) bond motifs is 6. The van der Waals surface area contributed by atoms with E-state index in [2.05, 4.69) is 17.3 Å². The van der Waals surface area contributed by atoms with Gasteiger partial charge in [-0.2, -0.15) is 0 Å². The fourth-order valence-electron chi connectivity index (χ4n) is 2.88. The van der Waals surface area contributed by atoms with Crippen molar-refractivity contribution < 1.29 is 0 Å². The summed E-state index contributed by atoms with van der Waals surface area (Å²) in [6.45, 7) is 2.85. The number of hydrogen-bond donors (Lipinski definition) is 1. The highest BCUT2D eigenvalue weighted by molar-refractivity contribution is 7.18. The van der Waals surface area contributed by atoms with E-state index in [0.29, 0.717) is 0 Å². The second-order valence-electron chi connectivity index (χ2n) is 5.26. The van der Waals surface area contributed by atoms with Gasteiger partial charge >= 0.3 is 0 Å². The molecule has 0 aliphatic heterocycles. The van der Waals surface area contributed by atoms with Crippen LogP contribution in [0.4, 0.5) is 0 Å². The van der Waals surface area contributed by atoms with E-state index in [1.807, 2.05) is 42.0 Å². The van der Waals surface area contributed by atoms with Crippen LogP contribution in [0, 0.1) is 0 Å². The predicted molar refractivity (Wildman–Crippen MR) is 93.4 cm³/mol. The second-order valence-corrected chi connectivity index (χ2v) is 6.12. The topological polar surface area (TPSA) is 46.9 Å². The second kappa shape index (κ2) is 5.10. The molecule has 0 spiro atoms. The molecule has 2 aromatic heterocycles. The van der Waals surface area contributed by atoms with Crippen molar-refractivity contribution in [1.82, 2.24) is 9.66 Å². The molecular formula is C17H15N3OS. The molecule has 0 radical (unpaired) electrons. The summed E-state index contributed by atoms with van der Waals surface area (Å²) in [5.41, 5.74) is 5.97. The van der Waals surface area contributed by atoms with Gasteiger partial charge in [0.2, 0.25) is 0 Å². The Morgan fingerprint density at radius 1 is 1.18 bits per heavy atom. The molecule has 0 bridgehead atoms. The molecule has 0 saturated carbocycles. The average Bonchev–Trinajstić information content (AvgIpc) is 3.04. The largest absolute Gasteiger partial charge is 0.323 e. The van der Waals surface area contributed by atoms with E-state index >= 15 is 0 Å². The van der Waals surface area contributed by atoms with Gasteiger partial charge in [0.05, 0.1) is 21.1 Å². The molecule has 2 aromatic carbocycles. The third kappa shape index (κ3) is 1.82. The molecule has 0 saturated heterocycles. The lowest BCUT2D eigenvalue weighted by atomic mass is 10.0. The summed E-state index contributed by atoms with van der Waals surface area (Å²) in [5.74, 6) is 0. The number of pyridine rings is 1. The maximum Gasteiger partial charge on any atom is 0.277 e. The first-order valence-electron chi connectivity index (χ1n) is 7.34. The molecule has 2 heterocycles. The molecule has 110 valence electrons. The molecule has 22 heavy (non-hydrogen) atoms. The van der Waals surface area contributed by atoms with Crippen LogP contribution in [0.3, 0.4) is 0 Å². The van der Waals surface area contributed by atoms with Crippen LogP contribution in [-0.4, -0.2) is 16.2 Å². The van der Waals surface area contributed by atoms with Crippen molar-refractivity contribution in [3.8, 4) is 0 Å². The van der Waals surface area contributed by atoms with E-state index in [9.17, 15) is 4.79 Å². The van der Waals surface area contributed by atoms with Crippen molar-refractivity contribution in [2.45, 2.75) is 13.3 Å². The molecular weight excluding hydrogens is 294 g/mol. The zero-order chi connectivity index (χ0) is 15.1. The first kappa shape index (κ1) is 13.3. The molecule has 0 amide bonds. The minimum Gasteiger partial charge on any atom is -0.323 e. The molecule has 0 unspecified atom stereocenters. The van der Waals surface area contributed by atoms with E-state index in [1.165, 1.54) is 0 Å². The smallest absolute Gasteiger partial charge is 0.277 e. The van der Waals surface area contributed by atoms with Crippen molar-refractivity contribution in [1.29, 1.82) is 0 Å². The van der Waals surface area contributed by atoms with E-state index in [-0.39, 0.29) is 5.56 Å². The van der Waals surface area contributed by atoms with Crippen LogP contribution < -0.4 is 11.0 Å². The van der Waals surface area contributed by atoms with Crippen molar-refractivity contribution >= 4 is 43.1 Å². The van der Waals surface area contributed by atoms with Gasteiger partial charge in [0, 0.05) is 23.5 Å². The van der Waals surface area contributed by atoms with Gasteiger partial charge in [-0.1, -0.05) is 31.2 Å². The lowest BCUT2D eigenvalue weighted by Crippen LogP contribution is -2.28. The van der Waals surface area contributed by atoms with E-state index in [1.54, 1.807) is 16.0 Å². The van der Waals surface area contributed by atoms with Crippen molar-refractivity contribution in [3.63, 3.8) is 0 Å². The van der Waals surface area contributed by atoms with Gasteiger partial charge in [0.15, 0.2) is 0 Å². The number of nitrogens with zero attached hydrogens (tertiary/aromatic N) is 2. The fourth-order valence-corrected chi connectivity index (χ4v) is 3.71. The maximum atomic E-state index is 12.9. The Hall–Kier alpha value is -2.40. The molecule has 0 aliphatic rings. The van der Waals surface area contributed by atoms with Crippen molar-refractivity contribution in [2.75, 3.05) is 12.0 Å². The van der Waals surface area contributed by atoms with Crippen LogP contribution in [0.25, 0.3) is 31.8 Å². The summed E-state index contributed by atoms with van der Waals surface area (Å²) in [7, 11) is 0. The van der Waals surface area contributed by atoms with Crippen molar-refractivity contribution in [3.05, 3.63) is 52.4 Å².